The smallest absolute Gasteiger partial charge is 0.261 e. The van der Waals surface area contributed by atoms with Crippen molar-refractivity contribution in [3.05, 3.63) is 111 Å². The quantitative estimate of drug-likeness (QED) is 0.150. The number of rotatable bonds is 13. The maximum Gasteiger partial charge on any atom is 0.261 e. The molecule has 2 unspecified atom stereocenters. The molecule has 322 valence electrons. The van der Waals surface area contributed by atoms with Crippen LogP contribution in [0.3, 0.4) is 0 Å². The van der Waals surface area contributed by atoms with Gasteiger partial charge in [-0.2, -0.15) is 0 Å². The number of likely N-dealkylation sites (tertiary alicyclic amines) is 2. The largest absolute Gasteiger partial charge is 0.492 e. The Morgan fingerprint density at radius 2 is 1.69 bits per heavy atom. The topological polar surface area (TPSA) is 145 Å². The molecule has 0 saturated carbocycles. The molecule has 3 saturated heterocycles. The summed E-state index contributed by atoms with van der Waals surface area (Å²) in [6, 6.07) is 21.0. The van der Waals surface area contributed by atoms with Crippen LogP contribution in [0.15, 0.2) is 84.0 Å². The van der Waals surface area contributed by atoms with Crippen molar-refractivity contribution in [3.63, 3.8) is 0 Å². The van der Waals surface area contributed by atoms with Crippen LogP contribution >= 0.6 is 11.6 Å². The standard InChI is InChI=1S/C47H57ClN8O5/c1-32(2)39-28-51-41-26-34(8-10-37(41)43(39)48)44(57)50-17-23-54-18-12-36(40(29-54)33-6-4-3-5-7-33)45(58)55-19-13-47(60,14-20-55)30-56-31-52-42-27-35(9-11-38(42)46(56)59)61-25-24-53-21-15-49-16-22-53/h3-11,26-28,31-32,36,40,49,60H,12-25,29-30H2,1-2H3,(H,50,57). The van der Waals surface area contributed by atoms with E-state index < -0.39 is 5.60 Å². The first-order valence-electron chi connectivity index (χ1n) is 21.8. The predicted octanol–water partition coefficient (Wildman–Crippen LogP) is 4.89. The van der Waals surface area contributed by atoms with Crippen molar-refractivity contribution in [2.45, 2.75) is 57.1 Å². The van der Waals surface area contributed by atoms with Crippen molar-refractivity contribution in [1.82, 2.24) is 39.9 Å². The van der Waals surface area contributed by atoms with E-state index >= 15 is 0 Å². The number of nitrogens with one attached hydrogen (secondary N) is 2. The molecule has 3 fully saturated rings. The average Bonchev–Trinajstić information content (AvgIpc) is 3.28. The lowest BCUT2D eigenvalue weighted by Crippen LogP contribution is -2.53. The fourth-order valence-electron chi connectivity index (χ4n) is 9.13. The number of hydrogen-bond acceptors (Lipinski definition) is 10. The summed E-state index contributed by atoms with van der Waals surface area (Å²) in [5, 5.41) is 20.1. The lowest BCUT2D eigenvalue weighted by atomic mass is 9.79. The molecule has 2 atom stereocenters. The number of piperazine rings is 1. The molecule has 3 aromatic carbocycles. The maximum absolute atomic E-state index is 14.3. The molecule has 2 amide bonds. The first-order chi connectivity index (χ1) is 29.5. The minimum atomic E-state index is -1.15. The highest BCUT2D eigenvalue weighted by Crippen LogP contribution is 2.36. The summed E-state index contributed by atoms with van der Waals surface area (Å²) in [7, 11) is 0. The minimum Gasteiger partial charge on any atom is -0.492 e. The normalized spacial score (nSPS) is 20.0. The second-order valence-corrected chi connectivity index (χ2v) is 17.6. The Morgan fingerprint density at radius 1 is 0.934 bits per heavy atom. The van der Waals surface area contributed by atoms with Gasteiger partial charge in [-0.1, -0.05) is 61.8 Å². The van der Waals surface area contributed by atoms with Crippen LogP contribution < -0.4 is 20.9 Å². The Bertz CT molecular complexity index is 2400. The third-order valence-corrected chi connectivity index (χ3v) is 13.2. The van der Waals surface area contributed by atoms with Gasteiger partial charge in [-0.05, 0) is 67.1 Å². The summed E-state index contributed by atoms with van der Waals surface area (Å²) in [6.07, 6.45) is 4.70. The van der Waals surface area contributed by atoms with E-state index in [0.717, 1.165) is 55.8 Å². The van der Waals surface area contributed by atoms with Crippen molar-refractivity contribution in [2.24, 2.45) is 5.92 Å². The van der Waals surface area contributed by atoms with E-state index in [2.05, 4.69) is 56.4 Å². The minimum absolute atomic E-state index is 0.0219. The van der Waals surface area contributed by atoms with Crippen molar-refractivity contribution in [2.75, 3.05) is 78.6 Å². The number of carbonyl (C=O) groups excluding carboxylic acids is 2. The van der Waals surface area contributed by atoms with Gasteiger partial charge in [-0.3, -0.25) is 28.8 Å². The van der Waals surface area contributed by atoms with Gasteiger partial charge in [0.15, 0.2) is 0 Å². The van der Waals surface area contributed by atoms with Crippen molar-refractivity contribution >= 4 is 45.2 Å². The number of pyridine rings is 1. The number of benzene rings is 3. The first kappa shape index (κ1) is 42.8. The van der Waals surface area contributed by atoms with E-state index in [1.807, 2.05) is 35.2 Å². The molecule has 0 aliphatic carbocycles. The van der Waals surface area contributed by atoms with Gasteiger partial charge in [0.25, 0.3) is 11.5 Å². The van der Waals surface area contributed by atoms with E-state index in [1.165, 1.54) is 10.9 Å². The summed E-state index contributed by atoms with van der Waals surface area (Å²) < 4.78 is 7.48. The SMILES string of the molecule is CC(C)c1cnc2cc(C(=O)NCCN3CCC(C(=O)N4CCC(O)(Cn5cnc6cc(OCCN7CCNCC7)ccc6c5=O)CC4)C(c4ccccc4)C3)ccc2c1Cl. The van der Waals surface area contributed by atoms with Crippen LogP contribution in [0.1, 0.15) is 66.4 Å². The summed E-state index contributed by atoms with van der Waals surface area (Å²) in [6.45, 7) is 13.0. The summed E-state index contributed by atoms with van der Waals surface area (Å²) in [4.78, 5) is 56.8. The third-order valence-electron chi connectivity index (χ3n) is 12.8. The van der Waals surface area contributed by atoms with Crippen LogP contribution in [0, 0.1) is 5.92 Å². The number of carbonyl (C=O) groups is 2. The number of nitrogens with zero attached hydrogens (tertiary/aromatic N) is 6. The van der Waals surface area contributed by atoms with Crippen LogP contribution in [0.4, 0.5) is 0 Å². The zero-order valence-electron chi connectivity index (χ0n) is 35.2. The molecule has 3 aliphatic rings. The van der Waals surface area contributed by atoms with E-state index in [9.17, 15) is 19.5 Å². The number of amides is 2. The van der Waals surface area contributed by atoms with Gasteiger partial charge < -0.3 is 30.3 Å². The molecule has 5 heterocycles. The molecule has 0 spiro atoms. The zero-order valence-corrected chi connectivity index (χ0v) is 35.9. The zero-order chi connectivity index (χ0) is 42.5. The molecule has 3 N–H and O–H groups in total. The Kier molecular flexibility index (Phi) is 13.3. The predicted molar refractivity (Wildman–Crippen MR) is 238 cm³/mol. The molecular formula is C47H57ClN8O5. The molecule has 0 radical (unpaired) electrons. The van der Waals surface area contributed by atoms with Crippen LogP contribution in [-0.2, 0) is 11.3 Å². The van der Waals surface area contributed by atoms with Crippen molar-refractivity contribution in [1.29, 1.82) is 0 Å². The molecule has 3 aliphatic heterocycles. The van der Waals surface area contributed by atoms with E-state index in [0.29, 0.717) is 91.3 Å². The van der Waals surface area contributed by atoms with Gasteiger partial charge in [-0.25, -0.2) is 4.98 Å². The second kappa shape index (κ2) is 19.0. The number of aromatic nitrogens is 3. The Labute approximate surface area is 362 Å². The highest BCUT2D eigenvalue weighted by Gasteiger charge is 2.41. The monoisotopic (exact) mass is 848 g/mol. The van der Waals surface area contributed by atoms with Gasteiger partial charge in [0.2, 0.25) is 5.91 Å². The summed E-state index contributed by atoms with van der Waals surface area (Å²) in [5.74, 6) is 0.625. The molecule has 13 nitrogen and oxygen atoms in total. The van der Waals surface area contributed by atoms with Crippen molar-refractivity contribution < 1.29 is 19.4 Å². The molecule has 8 rings (SSSR count). The lowest BCUT2D eigenvalue weighted by Gasteiger charge is -2.43. The van der Waals surface area contributed by atoms with Crippen LogP contribution in [0.25, 0.3) is 21.8 Å². The van der Waals surface area contributed by atoms with Crippen LogP contribution in [0.5, 0.6) is 5.75 Å². The number of halogens is 1. The molecule has 2 aromatic heterocycles. The molecular weight excluding hydrogens is 792 g/mol. The van der Waals surface area contributed by atoms with E-state index in [1.54, 1.807) is 30.5 Å². The Balaban J connectivity index is 0.847. The second-order valence-electron chi connectivity index (χ2n) is 17.2. The van der Waals surface area contributed by atoms with Gasteiger partial charge in [0, 0.05) is 100 Å². The fraction of sp³-hybridized carbons (Fsp3) is 0.468. The summed E-state index contributed by atoms with van der Waals surface area (Å²) in [5.41, 5.74) is 2.52. The number of ether oxygens (including phenoxy) is 1. The molecule has 0 bridgehead atoms. The highest BCUT2D eigenvalue weighted by atomic mass is 35.5. The maximum atomic E-state index is 14.3. The third kappa shape index (κ3) is 9.92. The lowest BCUT2D eigenvalue weighted by molar-refractivity contribution is -0.142. The van der Waals surface area contributed by atoms with Crippen LogP contribution in [0.2, 0.25) is 5.02 Å². The fourth-order valence-corrected chi connectivity index (χ4v) is 9.55. The van der Waals surface area contributed by atoms with Gasteiger partial charge >= 0.3 is 0 Å². The summed E-state index contributed by atoms with van der Waals surface area (Å²) >= 11 is 6.66. The number of hydrogen-bond donors (Lipinski definition) is 3. The molecule has 61 heavy (non-hydrogen) atoms. The van der Waals surface area contributed by atoms with Gasteiger partial charge in [0.1, 0.15) is 12.4 Å². The highest BCUT2D eigenvalue weighted by molar-refractivity contribution is 6.36. The average molecular weight is 849 g/mol. The van der Waals surface area contributed by atoms with Crippen molar-refractivity contribution in [3.8, 4) is 5.75 Å². The Morgan fingerprint density at radius 3 is 2.46 bits per heavy atom. The number of aliphatic hydroxyl groups is 1. The van der Waals surface area contributed by atoms with Crippen LogP contribution in [-0.4, -0.2) is 130 Å². The van der Waals surface area contributed by atoms with E-state index in [4.69, 9.17) is 16.3 Å². The molecule has 5 aromatic rings. The number of fused-ring (bicyclic) bond motifs is 2. The molecule has 14 heteroatoms. The van der Waals surface area contributed by atoms with Gasteiger partial charge in [-0.15, -0.1) is 0 Å². The number of piperidine rings is 2. The van der Waals surface area contributed by atoms with Gasteiger partial charge in [0.05, 0.1) is 39.9 Å². The first-order valence-corrected chi connectivity index (χ1v) is 22.1. The van der Waals surface area contributed by atoms with E-state index in [-0.39, 0.29) is 41.7 Å². The Hall–Kier alpha value is -4.92.